The molecule has 12 nitrogen and oxygen atoms in total. The van der Waals surface area contributed by atoms with Crippen LogP contribution in [0.2, 0.25) is 0 Å². The average molecular weight is 598 g/mol. The van der Waals surface area contributed by atoms with Gasteiger partial charge in [0.15, 0.2) is 5.76 Å². The molecule has 0 fully saturated rings. The first kappa shape index (κ1) is 31.1. The van der Waals surface area contributed by atoms with Gasteiger partial charge in [-0.1, -0.05) is 62.4 Å². The van der Waals surface area contributed by atoms with Crippen LogP contribution in [0.4, 0.5) is 5.69 Å². The standard InChI is InChI=1S/C29H39N7O5S/c1-3-4-5-6-7-11-17-34-29(38)36(33-32-34)25-14-15-28(23(20-25)21-26(37)27-19-22(2)31-41-27)42(39,40)35(18-16-30)24-12-9-8-10-13-24/h8-10,12-15,19-20,26,37H,3-7,11,16-18,21,30H2,1-2H3. The molecule has 0 aliphatic rings. The van der Waals surface area contributed by atoms with Crippen LogP contribution in [0, 0.1) is 6.92 Å². The van der Waals surface area contributed by atoms with Crippen LogP contribution >= 0.6 is 0 Å². The Morgan fingerprint density at radius 2 is 1.76 bits per heavy atom. The molecule has 3 N–H and O–H groups in total. The van der Waals surface area contributed by atoms with Crippen LogP contribution < -0.4 is 15.7 Å². The molecule has 0 spiro atoms. The van der Waals surface area contributed by atoms with Gasteiger partial charge in [0.05, 0.1) is 22.0 Å². The van der Waals surface area contributed by atoms with Gasteiger partial charge in [0.25, 0.3) is 10.0 Å². The number of hydrogen-bond donors (Lipinski definition) is 2. The number of tetrazole rings is 1. The molecule has 0 saturated heterocycles. The molecule has 1 unspecified atom stereocenters. The summed E-state index contributed by atoms with van der Waals surface area (Å²) in [6.07, 6.45) is 5.14. The molecule has 2 aromatic carbocycles. The van der Waals surface area contributed by atoms with Gasteiger partial charge in [0.2, 0.25) is 0 Å². The molecule has 226 valence electrons. The highest BCUT2D eigenvalue weighted by atomic mass is 32.2. The number of nitrogens with zero attached hydrogens (tertiary/aromatic N) is 6. The third-order valence-electron chi connectivity index (χ3n) is 6.98. The predicted molar refractivity (Wildman–Crippen MR) is 159 cm³/mol. The molecule has 4 rings (SSSR count). The number of aromatic nitrogens is 5. The first-order chi connectivity index (χ1) is 20.3. The van der Waals surface area contributed by atoms with Crippen LogP contribution in [0.25, 0.3) is 5.69 Å². The van der Waals surface area contributed by atoms with Gasteiger partial charge >= 0.3 is 5.69 Å². The summed E-state index contributed by atoms with van der Waals surface area (Å²) in [6, 6.07) is 14.7. The van der Waals surface area contributed by atoms with Gasteiger partial charge in [-0.3, -0.25) is 4.31 Å². The molecule has 0 aliphatic carbocycles. The first-order valence-electron chi connectivity index (χ1n) is 14.3. The minimum atomic E-state index is -4.13. The minimum absolute atomic E-state index is 0.0358. The summed E-state index contributed by atoms with van der Waals surface area (Å²) in [4.78, 5) is 13.1. The van der Waals surface area contributed by atoms with Crippen molar-refractivity contribution in [1.82, 2.24) is 24.9 Å². The molecule has 4 aromatic rings. The lowest BCUT2D eigenvalue weighted by atomic mass is 10.1. The molecule has 13 heteroatoms. The van der Waals surface area contributed by atoms with E-state index in [9.17, 15) is 18.3 Å². The number of aliphatic hydroxyl groups excluding tert-OH is 1. The van der Waals surface area contributed by atoms with E-state index in [0.717, 1.165) is 23.9 Å². The number of aryl methyl sites for hydroxylation is 2. The zero-order valence-electron chi connectivity index (χ0n) is 24.1. The van der Waals surface area contributed by atoms with Crippen molar-refractivity contribution in [3.05, 3.63) is 82.1 Å². The highest BCUT2D eigenvalue weighted by Crippen LogP contribution is 2.30. The SMILES string of the molecule is CCCCCCCCn1nnn(-c2ccc(S(=O)(=O)N(CCN)c3ccccc3)c(CC(O)c3cc(C)no3)c2)c1=O. The van der Waals surface area contributed by atoms with E-state index in [4.69, 9.17) is 10.3 Å². The Balaban J connectivity index is 1.69. The lowest BCUT2D eigenvalue weighted by molar-refractivity contribution is 0.139. The van der Waals surface area contributed by atoms with E-state index >= 15 is 0 Å². The molecule has 0 saturated carbocycles. The fraction of sp³-hybridized carbons (Fsp3) is 0.448. The Labute approximate surface area is 245 Å². The maximum absolute atomic E-state index is 14.0. The monoisotopic (exact) mass is 597 g/mol. The lowest BCUT2D eigenvalue weighted by Gasteiger charge is -2.25. The Morgan fingerprint density at radius 1 is 1.02 bits per heavy atom. The van der Waals surface area contributed by atoms with E-state index in [1.165, 1.54) is 46.4 Å². The molecule has 42 heavy (non-hydrogen) atoms. The van der Waals surface area contributed by atoms with Gasteiger partial charge in [-0.05, 0) is 59.7 Å². The van der Waals surface area contributed by atoms with E-state index in [2.05, 4.69) is 22.5 Å². The molecule has 2 aromatic heterocycles. The fourth-order valence-corrected chi connectivity index (χ4v) is 6.49. The minimum Gasteiger partial charge on any atom is -0.385 e. The summed E-state index contributed by atoms with van der Waals surface area (Å²) in [7, 11) is -4.13. The summed E-state index contributed by atoms with van der Waals surface area (Å²) in [5, 5.41) is 22.9. The summed E-state index contributed by atoms with van der Waals surface area (Å²) in [6.45, 7) is 4.48. The number of nitrogens with two attached hydrogens (primary N) is 1. The van der Waals surface area contributed by atoms with Crippen LogP contribution in [-0.4, -0.2) is 51.6 Å². The lowest BCUT2D eigenvalue weighted by Crippen LogP contribution is -2.36. The zero-order valence-corrected chi connectivity index (χ0v) is 24.9. The van der Waals surface area contributed by atoms with Crippen molar-refractivity contribution in [3.63, 3.8) is 0 Å². The maximum atomic E-state index is 14.0. The highest BCUT2D eigenvalue weighted by molar-refractivity contribution is 7.92. The number of benzene rings is 2. The highest BCUT2D eigenvalue weighted by Gasteiger charge is 2.29. The summed E-state index contributed by atoms with van der Waals surface area (Å²) >= 11 is 0. The summed E-state index contributed by atoms with van der Waals surface area (Å²) < 4.78 is 37.0. The third kappa shape index (κ3) is 7.33. The number of para-hydroxylation sites is 1. The van der Waals surface area contributed by atoms with Gasteiger partial charge in [0, 0.05) is 32.1 Å². The Morgan fingerprint density at radius 3 is 2.45 bits per heavy atom. The van der Waals surface area contributed by atoms with Crippen LogP contribution in [-0.2, 0) is 23.0 Å². The third-order valence-corrected chi connectivity index (χ3v) is 8.91. The second-order valence-electron chi connectivity index (χ2n) is 10.2. The number of rotatable bonds is 16. The quantitative estimate of drug-likeness (QED) is 0.184. The predicted octanol–water partition coefficient (Wildman–Crippen LogP) is 3.52. The summed E-state index contributed by atoms with van der Waals surface area (Å²) in [5.41, 5.74) is 7.01. The molecule has 2 heterocycles. The van der Waals surface area contributed by atoms with Crippen LogP contribution in [0.5, 0.6) is 0 Å². The first-order valence-corrected chi connectivity index (χ1v) is 15.8. The van der Waals surface area contributed by atoms with E-state index in [0.29, 0.717) is 23.6 Å². The number of unbranched alkanes of at least 4 members (excludes halogenated alkanes) is 5. The topological polar surface area (TPSA) is 162 Å². The Bertz CT molecular complexity index is 1600. The van der Waals surface area contributed by atoms with Crippen LogP contribution in [0.1, 0.15) is 68.6 Å². The zero-order chi connectivity index (χ0) is 30.1. The fourth-order valence-electron chi connectivity index (χ4n) is 4.79. The molecular formula is C29H39N7O5S. The number of anilines is 1. The second-order valence-corrected chi connectivity index (χ2v) is 12.1. The second kappa shape index (κ2) is 14.4. The molecule has 0 amide bonds. The van der Waals surface area contributed by atoms with Crippen molar-refractivity contribution in [2.45, 2.75) is 76.3 Å². The number of sulfonamides is 1. The van der Waals surface area contributed by atoms with Crippen molar-refractivity contribution >= 4 is 15.7 Å². The number of hydrogen-bond acceptors (Lipinski definition) is 9. The molecule has 0 aliphatic heterocycles. The molecule has 0 radical (unpaired) electrons. The van der Waals surface area contributed by atoms with E-state index in [-0.39, 0.29) is 35.7 Å². The van der Waals surface area contributed by atoms with Crippen molar-refractivity contribution < 1.29 is 18.0 Å². The van der Waals surface area contributed by atoms with Crippen LogP contribution in [0.15, 0.2) is 68.8 Å². The van der Waals surface area contributed by atoms with Crippen molar-refractivity contribution in [2.24, 2.45) is 5.73 Å². The van der Waals surface area contributed by atoms with Crippen LogP contribution in [0.3, 0.4) is 0 Å². The Hall–Kier alpha value is -3.81. The van der Waals surface area contributed by atoms with Gasteiger partial charge in [-0.25, -0.2) is 13.2 Å². The summed E-state index contributed by atoms with van der Waals surface area (Å²) in [5.74, 6) is 0.199. The van der Waals surface area contributed by atoms with Crippen molar-refractivity contribution in [1.29, 1.82) is 0 Å². The van der Waals surface area contributed by atoms with Gasteiger partial charge in [0.1, 0.15) is 6.10 Å². The maximum Gasteiger partial charge on any atom is 0.368 e. The van der Waals surface area contributed by atoms with Crippen molar-refractivity contribution in [2.75, 3.05) is 17.4 Å². The average Bonchev–Trinajstić information content (AvgIpc) is 3.59. The molecule has 0 bridgehead atoms. The van der Waals surface area contributed by atoms with Gasteiger partial charge in [-0.15, -0.1) is 0 Å². The van der Waals surface area contributed by atoms with E-state index in [1.807, 2.05) is 0 Å². The molecule has 1 atom stereocenters. The normalized spacial score (nSPS) is 12.5. The molecular weight excluding hydrogens is 558 g/mol. The largest absolute Gasteiger partial charge is 0.385 e. The smallest absolute Gasteiger partial charge is 0.368 e. The van der Waals surface area contributed by atoms with E-state index < -0.39 is 21.8 Å². The Kier molecular flexibility index (Phi) is 10.7. The van der Waals surface area contributed by atoms with Gasteiger partial charge in [-0.2, -0.15) is 9.36 Å². The van der Waals surface area contributed by atoms with Gasteiger partial charge < -0.3 is 15.4 Å². The van der Waals surface area contributed by atoms with E-state index in [1.54, 1.807) is 43.3 Å². The number of aliphatic hydroxyl groups is 1. The van der Waals surface area contributed by atoms with Crippen molar-refractivity contribution in [3.8, 4) is 5.69 Å².